The summed E-state index contributed by atoms with van der Waals surface area (Å²) in [5.74, 6) is -1.13. The van der Waals surface area contributed by atoms with Crippen molar-refractivity contribution in [3.8, 4) is 0 Å². The molecule has 2 N–H and O–H groups in total. The van der Waals surface area contributed by atoms with Crippen molar-refractivity contribution in [3.05, 3.63) is 70.8 Å². The van der Waals surface area contributed by atoms with E-state index in [4.69, 9.17) is 5.73 Å². The highest BCUT2D eigenvalue weighted by Gasteiger charge is 2.29. The van der Waals surface area contributed by atoms with E-state index in [2.05, 4.69) is 6.07 Å². The monoisotopic (exact) mass is 273 g/mol. The van der Waals surface area contributed by atoms with Crippen molar-refractivity contribution in [1.29, 1.82) is 0 Å². The van der Waals surface area contributed by atoms with E-state index in [0.717, 1.165) is 24.8 Å². The molecule has 2 aromatic carbocycles. The molecule has 0 heterocycles. The lowest BCUT2D eigenvalue weighted by Gasteiger charge is -2.30. The number of hydrogen-bond acceptors (Lipinski definition) is 1. The summed E-state index contributed by atoms with van der Waals surface area (Å²) in [6, 6.07) is 11.3. The Labute approximate surface area is 117 Å². The fraction of sp³-hybridized carbons (Fsp3) is 0.294. The summed E-state index contributed by atoms with van der Waals surface area (Å²) in [6.45, 7) is 0. The molecule has 0 saturated heterocycles. The van der Waals surface area contributed by atoms with Gasteiger partial charge in [0.2, 0.25) is 0 Å². The topological polar surface area (TPSA) is 26.0 Å². The van der Waals surface area contributed by atoms with Crippen molar-refractivity contribution >= 4 is 0 Å². The Bertz CT molecular complexity index is 604. The molecule has 0 fully saturated rings. The molecule has 20 heavy (non-hydrogen) atoms. The van der Waals surface area contributed by atoms with Crippen LogP contribution in [0, 0.1) is 11.6 Å². The fourth-order valence-electron chi connectivity index (χ4n) is 3.19. The first kappa shape index (κ1) is 13.3. The Kier molecular flexibility index (Phi) is 3.53. The van der Waals surface area contributed by atoms with E-state index in [9.17, 15) is 8.78 Å². The maximum Gasteiger partial charge on any atom is 0.130 e. The van der Waals surface area contributed by atoms with E-state index in [-0.39, 0.29) is 11.5 Å². The first-order chi connectivity index (χ1) is 9.68. The molecule has 2 unspecified atom stereocenters. The van der Waals surface area contributed by atoms with Crippen molar-refractivity contribution < 1.29 is 8.78 Å². The summed E-state index contributed by atoms with van der Waals surface area (Å²) in [6.07, 6.45) is 2.89. The van der Waals surface area contributed by atoms with Gasteiger partial charge >= 0.3 is 0 Å². The third-order valence-electron chi connectivity index (χ3n) is 4.18. The second-order valence-corrected chi connectivity index (χ2v) is 5.36. The second kappa shape index (κ2) is 5.33. The highest BCUT2D eigenvalue weighted by molar-refractivity contribution is 5.36. The van der Waals surface area contributed by atoms with Crippen molar-refractivity contribution in [2.75, 3.05) is 0 Å². The number of nitrogens with two attached hydrogens (primary N) is 1. The van der Waals surface area contributed by atoms with Crippen LogP contribution in [0.15, 0.2) is 42.5 Å². The minimum Gasteiger partial charge on any atom is -0.323 e. The third-order valence-corrected chi connectivity index (χ3v) is 4.18. The lowest BCUT2D eigenvalue weighted by Crippen LogP contribution is -2.25. The van der Waals surface area contributed by atoms with Crippen LogP contribution in [-0.2, 0) is 6.42 Å². The Balaban J connectivity index is 2.02. The summed E-state index contributed by atoms with van der Waals surface area (Å²) in [7, 11) is 0. The number of aryl methyl sites for hydroxylation is 1. The second-order valence-electron chi connectivity index (χ2n) is 5.36. The summed E-state index contributed by atoms with van der Waals surface area (Å²) in [4.78, 5) is 0. The molecule has 2 atom stereocenters. The van der Waals surface area contributed by atoms with Crippen LogP contribution in [0.5, 0.6) is 0 Å². The average Bonchev–Trinajstić information content (AvgIpc) is 2.46. The maximum atomic E-state index is 13.9. The van der Waals surface area contributed by atoms with Gasteiger partial charge in [0.05, 0.1) is 0 Å². The van der Waals surface area contributed by atoms with Gasteiger partial charge in [-0.25, -0.2) is 8.78 Å². The molecule has 0 bridgehead atoms. The summed E-state index contributed by atoms with van der Waals surface area (Å²) < 4.78 is 27.8. The first-order valence-electron chi connectivity index (χ1n) is 6.96. The lowest BCUT2D eigenvalue weighted by molar-refractivity contribution is 0.438. The van der Waals surface area contributed by atoms with Gasteiger partial charge in [-0.3, -0.25) is 0 Å². The quantitative estimate of drug-likeness (QED) is 0.876. The molecule has 0 spiro atoms. The molecule has 0 aliphatic heterocycles. The summed E-state index contributed by atoms with van der Waals surface area (Å²) >= 11 is 0. The highest BCUT2D eigenvalue weighted by atomic mass is 19.1. The molecule has 1 aliphatic carbocycles. The zero-order valence-electron chi connectivity index (χ0n) is 11.2. The predicted molar refractivity (Wildman–Crippen MR) is 75.4 cm³/mol. The molecule has 3 rings (SSSR count). The van der Waals surface area contributed by atoms with E-state index in [1.807, 2.05) is 18.2 Å². The van der Waals surface area contributed by atoms with Crippen LogP contribution in [0.25, 0.3) is 0 Å². The number of rotatable bonds is 2. The Hall–Kier alpha value is -1.74. The summed E-state index contributed by atoms with van der Waals surface area (Å²) in [5, 5.41) is 0. The average molecular weight is 273 g/mol. The molecular formula is C17H17F2N. The molecule has 1 aliphatic rings. The zero-order chi connectivity index (χ0) is 14.1. The molecular weight excluding hydrogens is 256 g/mol. The molecule has 0 amide bonds. The predicted octanol–water partition coefficient (Wildman–Crippen LogP) is 4.08. The normalized spacial score (nSPS) is 19.4. The zero-order valence-corrected chi connectivity index (χ0v) is 11.2. The van der Waals surface area contributed by atoms with Crippen molar-refractivity contribution in [2.45, 2.75) is 31.2 Å². The highest BCUT2D eigenvalue weighted by Crippen LogP contribution is 2.40. The van der Waals surface area contributed by atoms with Gasteiger partial charge in [-0.2, -0.15) is 0 Å². The van der Waals surface area contributed by atoms with Crippen LogP contribution in [-0.4, -0.2) is 0 Å². The number of benzene rings is 2. The van der Waals surface area contributed by atoms with Crippen LogP contribution in [0.4, 0.5) is 8.78 Å². The molecule has 2 aromatic rings. The van der Waals surface area contributed by atoms with E-state index in [0.29, 0.717) is 0 Å². The molecule has 0 radical (unpaired) electrons. The van der Waals surface area contributed by atoms with Gasteiger partial charge in [0.1, 0.15) is 11.6 Å². The van der Waals surface area contributed by atoms with E-state index in [1.54, 1.807) is 0 Å². The van der Waals surface area contributed by atoms with Gasteiger partial charge in [-0.15, -0.1) is 0 Å². The minimum absolute atomic E-state index is 0.00852. The molecule has 0 saturated carbocycles. The third kappa shape index (κ3) is 2.22. The fourth-order valence-corrected chi connectivity index (χ4v) is 3.19. The van der Waals surface area contributed by atoms with Crippen LogP contribution in [0.2, 0.25) is 0 Å². The molecule has 0 aromatic heterocycles. The van der Waals surface area contributed by atoms with Gasteiger partial charge in [-0.05, 0) is 42.5 Å². The molecule has 1 nitrogen and oxygen atoms in total. The van der Waals surface area contributed by atoms with Crippen LogP contribution >= 0.6 is 0 Å². The van der Waals surface area contributed by atoms with Gasteiger partial charge in [0.15, 0.2) is 0 Å². The van der Waals surface area contributed by atoms with E-state index >= 15 is 0 Å². The van der Waals surface area contributed by atoms with Gasteiger partial charge < -0.3 is 5.73 Å². The van der Waals surface area contributed by atoms with E-state index < -0.39 is 17.7 Å². The number of hydrogen-bond donors (Lipinski definition) is 1. The Morgan fingerprint density at radius 3 is 2.45 bits per heavy atom. The SMILES string of the molecule is NC(c1c(F)cccc1F)C1CCCc2ccccc21. The van der Waals surface area contributed by atoms with E-state index in [1.165, 1.54) is 23.8 Å². The van der Waals surface area contributed by atoms with Crippen LogP contribution in [0.3, 0.4) is 0 Å². The van der Waals surface area contributed by atoms with Crippen molar-refractivity contribution in [3.63, 3.8) is 0 Å². The molecule has 104 valence electrons. The number of halogens is 2. The van der Waals surface area contributed by atoms with Crippen molar-refractivity contribution in [1.82, 2.24) is 0 Å². The van der Waals surface area contributed by atoms with Crippen LogP contribution in [0.1, 0.15) is 41.5 Å². The standard InChI is InChI=1S/C17H17F2N/c18-14-9-4-10-15(19)16(14)17(20)13-8-3-6-11-5-1-2-7-12(11)13/h1-2,4-5,7,9-10,13,17H,3,6,8,20H2. The smallest absolute Gasteiger partial charge is 0.130 e. The van der Waals surface area contributed by atoms with Gasteiger partial charge in [-0.1, -0.05) is 30.3 Å². The first-order valence-corrected chi connectivity index (χ1v) is 6.96. The minimum atomic E-state index is -0.641. The van der Waals surface area contributed by atoms with Gasteiger partial charge in [0.25, 0.3) is 0 Å². The largest absolute Gasteiger partial charge is 0.323 e. The maximum absolute atomic E-state index is 13.9. The lowest BCUT2D eigenvalue weighted by atomic mass is 9.77. The van der Waals surface area contributed by atoms with Crippen molar-refractivity contribution in [2.24, 2.45) is 5.73 Å². The van der Waals surface area contributed by atoms with Gasteiger partial charge in [0, 0.05) is 17.5 Å². The van der Waals surface area contributed by atoms with Crippen LogP contribution < -0.4 is 5.73 Å². The number of fused-ring (bicyclic) bond motifs is 1. The Morgan fingerprint density at radius 1 is 1.00 bits per heavy atom. The summed E-state index contributed by atoms with van der Waals surface area (Å²) in [5.41, 5.74) is 8.59. The molecule has 3 heteroatoms. The Morgan fingerprint density at radius 2 is 1.70 bits per heavy atom.